The number of hydrogen-bond acceptors (Lipinski definition) is 6. The molecule has 2 heterocycles. The van der Waals surface area contributed by atoms with Crippen LogP contribution in [0, 0.1) is 13.8 Å². The van der Waals surface area contributed by atoms with Gasteiger partial charge in [0.2, 0.25) is 0 Å². The molecule has 132 valence electrons. The van der Waals surface area contributed by atoms with Crippen molar-refractivity contribution in [2.45, 2.75) is 27.7 Å². The van der Waals surface area contributed by atoms with Crippen molar-refractivity contribution in [2.75, 3.05) is 13.2 Å². The summed E-state index contributed by atoms with van der Waals surface area (Å²) in [6.07, 6.45) is 0. The number of aryl methyl sites for hydroxylation is 2. The van der Waals surface area contributed by atoms with E-state index in [2.05, 4.69) is 0 Å². The quantitative estimate of drug-likeness (QED) is 0.618. The van der Waals surface area contributed by atoms with Crippen molar-refractivity contribution in [2.24, 2.45) is 0 Å². The van der Waals surface area contributed by atoms with Crippen molar-refractivity contribution in [1.29, 1.82) is 0 Å². The van der Waals surface area contributed by atoms with Crippen molar-refractivity contribution in [1.82, 2.24) is 0 Å². The van der Waals surface area contributed by atoms with Crippen LogP contribution >= 0.6 is 11.6 Å². The number of hydrogen-bond donors (Lipinski definition) is 0. The van der Waals surface area contributed by atoms with Crippen LogP contribution in [0.5, 0.6) is 0 Å². The first-order valence-electron chi connectivity index (χ1n) is 7.89. The second kappa shape index (κ2) is 6.44. The number of rotatable bonds is 4. The van der Waals surface area contributed by atoms with Crippen LogP contribution in [0.3, 0.4) is 0 Å². The summed E-state index contributed by atoms with van der Waals surface area (Å²) in [4.78, 5) is 24.5. The van der Waals surface area contributed by atoms with Crippen LogP contribution in [0.25, 0.3) is 21.9 Å². The number of halogens is 1. The third-order valence-electron chi connectivity index (χ3n) is 3.89. The van der Waals surface area contributed by atoms with Crippen molar-refractivity contribution < 1.29 is 27.9 Å². The molecule has 0 aliphatic carbocycles. The van der Waals surface area contributed by atoms with E-state index in [1.54, 1.807) is 33.8 Å². The molecular weight excluding hydrogens is 348 g/mol. The summed E-state index contributed by atoms with van der Waals surface area (Å²) in [5, 5.41) is 1.10. The van der Waals surface area contributed by atoms with Crippen molar-refractivity contribution in [3.8, 4) is 0 Å². The van der Waals surface area contributed by atoms with Gasteiger partial charge in [-0.05, 0) is 33.8 Å². The fraction of sp³-hybridized carbons (Fsp3) is 0.333. The van der Waals surface area contributed by atoms with Crippen LogP contribution in [-0.4, -0.2) is 25.2 Å². The molecule has 0 aliphatic heterocycles. The highest BCUT2D eigenvalue weighted by atomic mass is 35.5. The molecule has 7 heteroatoms. The highest BCUT2D eigenvalue weighted by Gasteiger charge is 2.28. The summed E-state index contributed by atoms with van der Waals surface area (Å²) in [7, 11) is 0. The van der Waals surface area contributed by atoms with Gasteiger partial charge < -0.3 is 18.3 Å². The van der Waals surface area contributed by atoms with E-state index in [1.807, 2.05) is 0 Å². The molecule has 0 atom stereocenters. The maximum atomic E-state index is 12.2. The van der Waals surface area contributed by atoms with E-state index < -0.39 is 11.9 Å². The lowest BCUT2D eigenvalue weighted by atomic mass is 10.1. The smallest absolute Gasteiger partial charge is 0.342 e. The van der Waals surface area contributed by atoms with Crippen LogP contribution in [0.4, 0.5) is 0 Å². The normalized spacial score (nSPS) is 11.2. The van der Waals surface area contributed by atoms with E-state index in [0.717, 1.165) is 0 Å². The Labute approximate surface area is 148 Å². The number of benzene rings is 1. The topological polar surface area (TPSA) is 78.9 Å². The number of esters is 2. The maximum absolute atomic E-state index is 12.2. The van der Waals surface area contributed by atoms with E-state index in [1.165, 1.54) is 0 Å². The molecule has 3 aromatic rings. The zero-order chi connectivity index (χ0) is 18.3. The van der Waals surface area contributed by atoms with E-state index in [4.69, 9.17) is 29.9 Å². The van der Waals surface area contributed by atoms with Crippen LogP contribution in [0.1, 0.15) is 46.1 Å². The average Bonchev–Trinajstić information content (AvgIpc) is 3.04. The van der Waals surface area contributed by atoms with Gasteiger partial charge in [-0.2, -0.15) is 0 Å². The molecular formula is C18H17ClO6. The van der Waals surface area contributed by atoms with Gasteiger partial charge in [-0.25, -0.2) is 9.59 Å². The van der Waals surface area contributed by atoms with E-state index in [9.17, 15) is 9.59 Å². The lowest BCUT2D eigenvalue weighted by Gasteiger charge is -2.02. The Balaban J connectivity index is 2.33. The Bertz CT molecular complexity index is 994. The second-order valence-corrected chi connectivity index (χ2v) is 5.83. The largest absolute Gasteiger partial charge is 0.462 e. The molecule has 2 aromatic heterocycles. The molecule has 6 nitrogen and oxygen atoms in total. The zero-order valence-corrected chi connectivity index (χ0v) is 15.1. The Hall–Kier alpha value is -2.47. The molecule has 0 aliphatic rings. The van der Waals surface area contributed by atoms with Crippen molar-refractivity contribution in [3.63, 3.8) is 0 Å². The van der Waals surface area contributed by atoms with Gasteiger partial charge in [0.15, 0.2) is 5.58 Å². The molecule has 0 radical (unpaired) electrons. The van der Waals surface area contributed by atoms with Crippen LogP contribution in [0.2, 0.25) is 5.02 Å². The maximum Gasteiger partial charge on any atom is 0.342 e. The highest BCUT2D eigenvalue weighted by Crippen LogP contribution is 2.41. The van der Waals surface area contributed by atoms with Gasteiger partial charge >= 0.3 is 11.9 Å². The van der Waals surface area contributed by atoms with Crippen molar-refractivity contribution >= 4 is 45.5 Å². The van der Waals surface area contributed by atoms with Gasteiger partial charge in [-0.3, -0.25) is 0 Å². The molecule has 3 rings (SSSR count). The lowest BCUT2D eigenvalue weighted by Crippen LogP contribution is -2.05. The lowest BCUT2D eigenvalue weighted by molar-refractivity contribution is 0.0516. The molecule has 0 bridgehead atoms. The third kappa shape index (κ3) is 2.66. The van der Waals surface area contributed by atoms with Gasteiger partial charge in [-0.15, -0.1) is 0 Å². The Morgan fingerprint density at radius 3 is 2.16 bits per heavy atom. The monoisotopic (exact) mass is 364 g/mol. The van der Waals surface area contributed by atoms with E-state index in [0.29, 0.717) is 39.0 Å². The summed E-state index contributed by atoms with van der Waals surface area (Å²) in [6, 6.07) is 1.63. The van der Waals surface area contributed by atoms with Crippen LogP contribution in [-0.2, 0) is 9.47 Å². The average molecular weight is 365 g/mol. The summed E-state index contributed by atoms with van der Waals surface area (Å²) in [6.45, 7) is 7.23. The number of ether oxygens (including phenoxy) is 2. The summed E-state index contributed by atoms with van der Waals surface area (Å²) >= 11 is 6.49. The minimum atomic E-state index is -0.520. The van der Waals surface area contributed by atoms with Crippen molar-refractivity contribution in [3.05, 3.63) is 33.7 Å². The highest BCUT2D eigenvalue weighted by molar-refractivity contribution is 6.41. The summed E-state index contributed by atoms with van der Waals surface area (Å²) < 4.78 is 21.5. The van der Waals surface area contributed by atoms with Gasteiger partial charge in [-0.1, -0.05) is 11.6 Å². The molecule has 1 aromatic carbocycles. The number of fused-ring (bicyclic) bond motifs is 2. The van der Waals surface area contributed by atoms with Gasteiger partial charge in [0.05, 0.1) is 23.6 Å². The first-order valence-corrected chi connectivity index (χ1v) is 8.27. The molecule has 0 saturated carbocycles. The Morgan fingerprint density at radius 2 is 1.56 bits per heavy atom. The molecule has 0 amide bonds. The number of carbonyl (C=O) groups excluding carboxylic acids is 2. The van der Waals surface area contributed by atoms with Gasteiger partial charge in [0.1, 0.15) is 28.2 Å². The first kappa shape index (κ1) is 17.4. The van der Waals surface area contributed by atoms with E-state index in [-0.39, 0.29) is 23.8 Å². The predicted octanol–water partition coefficient (Wildman–Crippen LogP) is 4.80. The number of furan rings is 2. The molecule has 0 fully saturated rings. The third-order valence-corrected chi connectivity index (χ3v) is 4.25. The van der Waals surface area contributed by atoms with Crippen LogP contribution in [0.15, 0.2) is 14.9 Å². The summed E-state index contributed by atoms with van der Waals surface area (Å²) in [5.74, 6) is -0.244. The molecule has 0 saturated heterocycles. The fourth-order valence-electron chi connectivity index (χ4n) is 2.90. The number of carbonyl (C=O) groups is 2. The van der Waals surface area contributed by atoms with Gasteiger partial charge in [0, 0.05) is 5.39 Å². The first-order chi connectivity index (χ1) is 11.9. The fourth-order valence-corrected chi connectivity index (χ4v) is 3.23. The molecule has 0 unspecified atom stereocenters. The second-order valence-electron chi connectivity index (χ2n) is 5.45. The minimum absolute atomic E-state index is 0.200. The van der Waals surface area contributed by atoms with Crippen LogP contribution < -0.4 is 0 Å². The van der Waals surface area contributed by atoms with Gasteiger partial charge in [0.25, 0.3) is 0 Å². The Kier molecular flexibility index (Phi) is 4.47. The zero-order valence-electron chi connectivity index (χ0n) is 14.3. The Morgan fingerprint density at radius 1 is 1.00 bits per heavy atom. The minimum Gasteiger partial charge on any atom is -0.462 e. The molecule has 25 heavy (non-hydrogen) atoms. The standard InChI is InChI=1S/C18H17ClO6/c1-5-22-17(20)12-8(3)25-16-10(12)7-11-14(15(16)19)13(9(4)24-11)18(21)23-6-2/h7H,5-6H2,1-4H3. The van der Waals surface area contributed by atoms with E-state index >= 15 is 0 Å². The predicted molar refractivity (Wildman–Crippen MR) is 92.4 cm³/mol. The molecule has 0 N–H and O–H groups in total. The summed E-state index contributed by atoms with van der Waals surface area (Å²) in [5.41, 5.74) is 1.24. The molecule has 0 spiro atoms. The SMILES string of the molecule is CCOC(=O)c1c(C)oc2c(Cl)c3c(C(=O)OCC)c(C)oc3cc12.